The molecule has 1 aliphatic rings. The number of amides is 2. The molecular weight excluding hydrogens is 384 g/mol. The lowest BCUT2D eigenvalue weighted by molar-refractivity contribution is 0.195. The van der Waals surface area contributed by atoms with Crippen molar-refractivity contribution < 1.29 is 4.79 Å². The highest BCUT2D eigenvalue weighted by Gasteiger charge is 2.23. The first kappa shape index (κ1) is 20.5. The van der Waals surface area contributed by atoms with Gasteiger partial charge in [0.1, 0.15) is 11.9 Å². The number of aromatic nitrogens is 1. The van der Waals surface area contributed by atoms with Crippen LogP contribution < -0.4 is 10.2 Å². The predicted molar refractivity (Wildman–Crippen MR) is 113 cm³/mol. The summed E-state index contributed by atoms with van der Waals surface area (Å²) in [6.07, 6.45) is 1.68. The van der Waals surface area contributed by atoms with E-state index in [0.29, 0.717) is 49.7 Å². The monoisotopic (exact) mass is 406 g/mol. The Labute approximate surface area is 174 Å². The van der Waals surface area contributed by atoms with Crippen LogP contribution in [0.1, 0.15) is 16.7 Å². The van der Waals surface area contributed by atoms with E-state index in [4.69, 9.17) is 5.26 Å². The van der Waals surface area contributed by atoms with Crippen molar-refractivity contribution in [3.8, 4) is 12.1 Å². The van der Waals surface area contributed by atoms with Crippen molar-refractivity contribution in [1.82, 2.24) is 15.2 Å². The Morgan fingerprint density at radius 2 is 1.79 bits per heavy atom. The third-order valence-corrected chi connectivity index (χ3v) is 5.70. The van der Waals surface area contributed by atoms with Gasteiger partial charge >= 0.3 is 6.03 Å². The normalized spacial score (nSPS) is 13.4. The van der Waals surface area contributed by atoms with E-state index in [2.05, 4.69) is 22.4 Å². The summed E-state index contributed by atoms with van der Waals surface area (Å²) in [6.45, 7) is 3.07. The SMILES string of the molecule is N#Cc1ccccc1CSCCNC(=O)N1CCN(c2ncccc2C#N)CC1. The van der Waals surface area contributed by atoms with Gasteiger partial charge in [-0.25, -0.2) is 9.78 Å². The molecule has 0 unspecified atom stereocenters. The van der Waals surface area contributed by atoms with E-state index in [9.17, 15) is 10.1 Å². The number of carbonyl (C=O) groups is 1. The highest BCUT2D eigenvalue weighted by molar-refractivity contribution is 7.98. The van der Waals surface area contributed by atoms with E-state index < -0.39 is 0 Å². The van der Waals surface area contributed by atoms with Crippen LogP contribution in [0.3, 0.4) is 0 Å². The second kappa shape index (κ2) is 10.4. The van der Waals surface area contributed by atoms with E-state index in [0.717, 1.165) is 17.1 Å². The molecule has 1 fully saturated rings. The molecule has 1 aliphatic heterocycles. The molecule has 0 atom stereocenters. The van der Waals surface area contributed by atoms with Gasteiger partial charge < -0.3 is 15.1 Å². The second-order valence-corrected chi connectivity index (χ2v) is 7.62. The summed E-state index contributed by atoms with van der Waals surface area (Å²) in [4.78, 5) is 20.5. The zero-order valence-corrected chi connectivity index (χ0v) is 16.9. The molecule has 1 saturated heterocycles. The zero-order chi connectivity index (χ0) is 20.5. The Morgan fingerprint density at radius 1 is 1.07 bits per heavy atom. The average molecular weight is 407 g/mol. The Kier molecular flexibility index (Phi) is 7.32. The summed E-state index contributed by atoms with van der Waals surface area (Å²) < 4.78 is 0. The second-order valence-electron chi connectivity index (χ2n) is 6.51. The maximum Gasteiger partial charge on any atom is 0.317 e. The summed E-state index contributed by atoms with van der Waals surface area (Å²) in [5.41, 5.74) is 2.28. The molecule has 1 N–H and O–H groups in total. The number of piperazine rings is 1. The summed E-state index contributed by atoms with van der Waals surface area (Å²) in [6, 6.07) is 15.4. The number of hydrogen-bond acceptors (Lipinski definition) is 6. The Hall–Kier alpha value is -3.23. The molecule has 0 spiro atoms. The first-order chi connectivity index (χ1) is 14.2. The standard InChI is InChI=1S/C21H22N6OS/c22-14-17-4-1-2-5-19(17)16-29-13-8-25-21(28)27-11-9-26(10-12-27)20-18(15-23)6-3-7-24-20/h1-7H,8-13,16H2,(H,25,28). The van der Waals surface area contributed by atoms with Crippen LogP contribution >= 0.6 is 11.8 Å². The topological polar surface area (TPSA) is 96.1 Å². The lowest BCUT2D eigenvalue weighted by Crippen LogP contribution is -2.52. The molecule has 1 aromatic heterocycles. The molecule has 2 aromatic rings. The molecular formula is C21H22N6OS. The number of nitriles is 2. The molecule has 0 aliphatic carbocycles. The van der Waals surface area contributed by atoms with Crippen LogP contribution in [0.25, 0.3) is 0 Å². The molecule has 0 saturated carbocycles. The summed E-state index contributed by atoms with van der Waals surface area (Å²) >= 11 is 1.69. The number of hydrogen-bond donors (Lipinski definition) is 1. The van der Waals surface area contributed by atoms with Crippen LogP contribution in [-0.4, -0.2) is 54.4 Å². The number of thioether (sulfide) groups is 1. The van der Waals surface area contributed by atoms with Crippen molar-refractivity contribution >= 4 is 23.6 Å². The minimum atomic E-state index is -0.0656. The van der Waals surface area contributed by atoms with Crippen LogP contribution in [0.15, 0.2) is 42.6 Å². The van der Waals surface area contributed by atoms with E-state index in [-0.39, 0.29) is 6.03 Å². The van der Waals surface area contributed by atoms with E-state index in [1.54, 1.807) is 35.0 Å². The van der Waals surface area contributed by atoms with Crippen molar-refractivity contribution in [1.29, 1.82) is 10.5 Å². The largest absolute Gasteiger partial charge is 0.352 e. The number of anilines is 1. The first-order valence-electron chi connectivity index (χ1n) is 9.41. The van der Waals surface area contributed by atoms with Gasteiger partial charge in [-0.15, -0.1) is 0 Å². The molecule has 2 amide bonds. The van der Waals surface area contributed by atoms with Crippen molar-refractivity contribution in [2.24, 2.45) is 0 Å². The van der Waals surface area contributed by atoms with E-state index >= 15 is 0 Å². The fraction of sp³-hybridized carbons (Fsp3) is 0.333. The first-order valence-corrected chi connectivity index (χ1v) is 10.6. The van der Waals surface area contributed by atoms with Crippen LogP contribution in [0, 0.1) is 22.7 Å². The number of carbonyl (C=O) groups excluding carboxylic acids is 1. The fourth-order valence-corrected chi connectivity index (χ4v) is 4.00. The molecule has 0 radical (unpaired) electrons. The van der Waals surface area contributed by atoms with Crippen molar-refractivity contribution in [2.45, 2.75) is 5.75 Å². The quantitative estimate of drug-likeness (QED) is 0.741. The smallest absolute Gasteiger partial charge is 0.317 e. The zero-order valence-electron chi connectivity index (χ0n) is 16.0. The number of pyridine rings is 1. The molecule has 29 heavy (non-hydrogen) atoms. The van der Waals surface area contributed by atoms with Gasteiger partial charge in [0.15, 0.2) is 0 Å². The number of benzene rings is 1. The van der Waals surface area contributed by atoms with Crippen molar-refractivity contribution in [3.63, 3.8) is 0 Å². The maximum atomic E-state index is 12.4. The fourth-order valence-electron chi connectivity index (χ4n) is 3.14. The van der Waals surface area contributed by atoms with Crippen molar-refractivity contribution in [3.05, 3.63) is 59.3 Å². The Morgan fingerprint density at radius 3 is 2.55 bits per heavy atom. The van der Waals surface area contributed by atoms with Gasteiger partial charge in [-0.2, -0.15) is 22.3 Å². The van der Waals surface area contributed by atoms with Gasteiger partial charge in [0, 0.05) is 50.4 Å². The highest BCUT2D eigenvalue weighted by Crippen LogP contribution is 2.18. The van der Waals surface area contributed by atoms with Crippen LogP contribution in [0.5, 0.6) is 0 Å². The van der Waals surface area contributed by atoms with Gasteiger partial charge in [0.05, 0.1) is 17.2 Å². The maximum absolute atomic E-state index is 12.4. The lowest BCUT2D eigenvalue weighted by Gasteiger charge is -2.35. The Balaban J connectivity index is 1.38. The van der Waals surface area contributed by atoms with Crippen LogP contribution in [-0.2, 0) is 5.75 Å². The molecule has 8 heteroatoms. The molecule has 1 aromatic carbocycles. The predicted octanol–water partition coefficient (Wildman–Crippen LogP) is 2.59. The molecule has 2 heterocycles. The molecule has 7 nitrogen and oxygen atoms in total. The molecule has 0 bridgehead atoms. The number of nitrogens with zero attached hydrogens (tertiary/aromatic N) is 5. The van der Waals surface area contributed by atoms with Gasteiger partial charge in [-0.1, -0.05) is 18.2 Å². The van der Waals surface area contributed by atoms with Gasteiger partial charge in [0.25, 0.3) is 0 Å². The van der Waals surface area contributed by atoms with Crippen LogP contribution in [0.2, 0.25) is 0 Å². The number of nitrogens with one attached hydrogen (secondary N) is 1. The third kappa shape index (κ3) is 5.40. The van der Waals surface area contributed by atoms with Crippen LogP contribution in [0.4, 0.5) is 10.6 Å². The number of urea groups is 1. The summed E-state index contributed by atoms with van der Waals surface area (Å²) in [5, 5.41) is 21.3. The molecule has 3 rings (SSSR count). The lowest BCUT2D eigenvalue weighted by atomic mass is 10.1. The third-order valence-electron chi connectivity index (χ3n) is 4.69. The van der Waals surface area contributed by atoms with Gasteiger partial charge in [-0.05, 0) is 23.8 Å². The minimum absolute atomic E-state index is 0.0656. The minimum Gasteiger partial charge on any atom is -0.352 e. The average Bonchev–Trinajstić information content (AvgIpc) is 2.79. The van der Waals surface area contributed by atoms with Crippen molar-refractivity contribution in [2.75, 3.05) is 43.4 Å². The van der Waals surface area contributed by atoms with Gasteiger partial charge in [0.2, 0.25) is 0 Å². The summed E-state index contributed by atoms with van der Waals surface area (Å²) in [7, 11) is 0. The highest BCUT2D eigenvalue weighted by atomic mass is 32.2. The summed E-state index contributed by atoms with van der Waals surface area (Å²) in [5.74, 6) is 2.22. The molecule has 148 valence electrons. The number of rotatable bonds is 6. The van der Waals surface area contributed by atoms with Gasteiger partial charge in [-0.3, -0.25) is 0 Å². The van der Waals surface area contributed by atoms with E-state index in [1.165, 1.54) is 0 Å². The Bertz CT molecular complexity index is 927. The van der Waals surface area contributed by atoms with E-state index in [1.807, 2.05) is 29.2 Å².